The topological polar surface area (TPSA) is 38.7 Å². The van der Waals surface area contributed by atoms with Gasteiger partial charge < -0.3 is 4.74 Å². The quantitative estimate of drug-likeness (QED) is 0.627. The molecule has 0 bridgehead atoms. The van der Waals surface area contributed by atoms with E-state index in [0.717, 1.165) is 5.56 Å². The third kappa shape index (κ3) is 3.45. The van der Waals surface area contributed by atoms with Gasteiger partial charge in [0.1, 0.15) is 0 Å². The minimum Gasteiger partial charge on any atom is -0.405 e. The maximum absolute atomic E-state index is 12.1. The predicted octanol–water partition coefficient (Wildman–Crippen LogP) is 3.57. The number of esters is 1. The highest BCUT2D eigenvalue weighted by Crippen LogP contribution is 2.27. The van der Waals surface area contributed by atoms with Crippen LogP contribution in [0.1, 0.15) is 18.9 Å². The Hall–Kier alpha value is -1.68. The van der Waals surface area contributed by atoms with Gasteiger partial charge in [-0.25, -0.2) is 9.79 Å². The molecular formula is C16H21NO2Si. The van der Waals surface area contributed by atoms with E-state index in [4.69, 9.17) is 4.74 Å². The number of carbonyl (C=O) groups excluding carboxylic acids is 1. The first-order chi connectivity index (χ1) is 9.30. The molecule has 0 saturated heterocycles. The maximum atomic E-state index is 12.1. The second-order valence-electron chi connectivity index (χ2n) is 6.42. The molecule has 0 amide bonds. The first-order valence-electron chi connectivity index (χ1n) is 6.85. The van der Waals surface area contributed by atoms with Gasteiger partial charge in [-0.3, -0.25) is 0 Å². The van der Waals surface area contributed by atoms with Crippen molar-refractivity contribution < 1.29 is 9.53 Å². The zero-order valence-corrected chi connectivity index (χ0v) is 13.5. The fourth-order valence-corrected chi connectivity index (χ4v) is 2.79. The zero-order chi connectivity index (χ0) is 14.8. The summed E-state index contributed by atoms with van der Waals surface area (Å²) in [7, 11) is -1.25. The molecule has 1 aromatic carbocycles. The Bertz CT molecular complexity index is 558. The van der Waals surface area contributed by atoms with Gasteiger partial charge in [0, 0.05) is 12.0 Å². The van der Waals surface area contributed by atoms with E-state index in [9.17, 15) is 4.79 Å². The molecule has 1 aliphatic heterocycles. The number of hydrogen-bond donors (Lipinski definition) is 0. The van der Waals surface area contributed by atoms with Crippen molar-refractivity contribution in [1.29, 1.82) is 0 Å². The van der Waals surface area contributed by atoms with Gasteiger partial charge in [-0.05, 0) is 19.1 Å². The molecule has 20 heavy (non-hydrogen) atoms. The lowest BCUT2D eigenvalue weighted by atomic mass is 10.00. The number of aliphatic imine (C=N–C) groups is 1. The van der Waals surface area contributed by atoms with Crippen LogP contribution in [0.2, 0.25) is 19.6 Å². The van der Waals surface area contributed by atoms with Gasteiger partial charge in [-0.1, -0.05) is 49.6 Å². The molecule has 0 unspecified atom stereocenters. The van der Waals surface area contributed by atoms with Crippen LogP contribution in [-0.4, -0.2) is 25.5 Å². The summed E-state index contributed by atoms with van der Waals surface area (Å²) in [6, 6.07) is 9.54. The van der Waals surface area contributed by atoms with Crippen LogP contribution in [0.15, 0.2) is 47.1 Å². The van der Waals surface area contributed by atoms with E-state index in [1.807, 2.05) is 37.3 Å². The normalized spacial score (nSPS) is 23.0. The standard InChI is InChI=1S/C16H21NO2Si/c1-16(11-8-12-20(2,3)4)15(18)19-14(17-16)13-9-6-5-7-10-13/h5-10,12H,11H2,1-4H3/b12-8+/t16-/m0/s1. The molecule has 0 aromatic heterocycles. The van der Waals surface area contributed by atoms with Gasteiger partial charge in [0.25, 0.3) is 0 Å². The summed E-state index contributed by atoms with van der Waals surface area (Å²) in [4.78, 5) is 16.6. The minimum atomic E-state index is -1.25. The first-order valence-corrected chi connectivity index (χ1v) is 10.4. The molecule has 1 aliphatic rings. The summed E-state index contributed by atoms with van der Waals surface area (Å²) in [6.45, 7) is 8.62. The highest BCUT2D eigenvalue weighted by Gasteiger charge is 2.41. The van der Waals surface area contributed by atoms with E-state index in [1.165, 1.54) is 0 Å². The van der Waals surface area contributed by atoms with Crippen LogP contribution in [0.4, 0.5) is 0 Å². The molecule has 1 aromatic rings. The average molecular weight is 287 g/mol. The van der Waals surface area contributed by atoms with Gasteiger partial charge in [0.2, 0.25) is 5.90 Å². The Morgan fingerprint density at radius 1 is 1.25 bits per heavy atom. The number of nitrogens with zero attached hydrogens (tertiary/aromatic N) is 1. The van der Waals surface area contributed by atoms with Crippen molar-refractivity contribution >= 4 is 19.9 Å². The van der Waals surface area contributed by atoms with Crippen molar-refractivity contribution in [2.75, 3.05) is 0 Å². The summed E-state index contributed by atoms with van der Waals surface area (Å²) in [5.74, 6) is 0.163. The zero-order valence-electron chi connectivity index (χ0n) is 12.5. The molecule has 1 heterocycles. The van der Waals surface area contributed by atoms with Crippen LogP contribution in [0.5, 0.6) is 0 Å². The Balaban J connectivity index is 2.17. The van der Waals surface area contributed by atoms with Crippen molar-refractivity contribution in [3.05, 3.63) is 47.7 Å². The SMILES string of the molecule is C[C@@]1(C/C=C/[Si](C)(C)C)N=C(c2ccccc2)OC1=O. The number of hydrogen-bond acceptors (Lipinski definition) is 3. The van der Waals surface area contributed by atoms with E-state index in [2.05, 4.69) is 36.4 Å². The van der Waals surface area contributed by atoms with Crippen molar-refractivity contribution in [2.24, 2.45) is 4.99 Å². The smallest absolute Gasteiger partial charge is 0.340 e. The fraction of sp³-hybridized carbons (Fsp3) is 0.375. The average Bonchev–Trinajstić information content (AvgIpc) is 2.65. The van der Waals surface area contributed by atoms with Crippen molar-refractivity contribution in [1.82, 2.24) is 0 Å². The van der Waals surface area contributed by atoms with Crippen molar-refractivity contribution in [2.45, 2.75) is 38.5 Å². The molecule has 1 atom stereocenters. The molecule has 106 valence electrons. The van der Waals surface area contributed by atoms with E-state index in [-0.39, 0.29) is 5.97 Å². The Kier molecular flexibility index (Phi) is 3.95. The van der Waals surface area contributed by atoms with Crippen molar-refractivity contribution in [3.8, 4) is 0 Å². The number of cyclic esters (lactones) is 1. The van der Waals surface area contributed by atoms with E-state index in [1.54, 1.807) is 0 Å². The van der Waals surface area contributed by atoms with Crippen LogP contribution < -0.4 is 0 Å². The number of benzene rings is 1. The molecule has 2 rings (SSSR count). The monoisotopic (exact) mass is 287 g/mol. The summed E-state index contributed by atoms with van der Waals surface area (Å²) in [6.07, 6.45) is 2.66. The maximum Gasteiger partial charge on any atom is 0.340 e. The van der Waals surface area contributed by atoms with E-state index >= 15 is 0 Å². The van der Waals surface area contributed by atoms with Crippen LogP contribution in [0.25, 0.3) is 0 Å². The Labute approximate surface area is 121 Å². The van der Waals surface area contributed by atoms with Gasteiger partial charge in [0.15, 0.2) is 5.54 Å². The lowest BCUT2D eigenvalue weighted by Crippen LogP contribution is -2.29. The predicted molar refractivity (Wildman–Crippen MR) is 84.6 cm³/mol. The van der Waals surface area contributed by atoms with Crippen LogP contribution >= 0.6 is 0 Å². The summed E-state index contributed by atoms with van der Waals surface area (Å²) < 4.78 is 5.33. The van der Waals surface area contributed by atoms with Crippen molar-refractivity contribution in [3.63, 3.8) is 0 Å². The Morgan fingerprint density at radius 3 is 2.50 bits per heavy atom. The summed E-state index contributed by atoms with van der Waals surface area (Å²) in [5, 5.41) is 0. The van der Waals surface area contributed by atoms with E-state index < -0.39 is 13.6 Å². The molecule has 0 spiro atoms. The largest absolute Gasteiger partial charge is 0.405 e. The molecule has 0 aliphatic carbocycles. The second kappa shape index (κ2) is 5.36. The molecule has 0 fully saturated rings. The summed E-state index contributed by atoms with van der Waals surface area (Å²) in [5.41, 5.74) is 2.29. The highest BCUT2D eigenvalue weighted by atomic mass is 28.3. The second-order valence-corrected chi connectivity index (χ2v) is 11.5. The highest BCUT2D eigenvalue weighted by molar-refractivity contribution is 6.80. The van der Waals surface area contributed by atoms with Gasteiger partial charge in [-0.2, -0.15) is 0 Å². The van der Waals surface area contributed by atoms with E-state index in [0.29, 0.717) is 12.3 Å². The molecule has 0 N–H and O–H groups in total. The molecule has 0 radical (unpaired) electrons. The summed E-state index contributed by atoms with van der Waals surface area (Å²) >= 11 is 0. The Morgan fingerprint density at radius 2 is 1.90 bits per heavy atom. The molecular weight excluding hydrogens is 266 g/mol. The van der Waals surface area contributed by atoms with Gasteiger partial charge >= 0.3 is 5.97 Å². The fourth-order valence-electron chi connectivity index (χ4n) is 1.97. The third-order valence-electron chi connectivity index (χ3n) is 3.13. The number of ether oxygens (including phenoxy) is 1. The number of carbonyl (C=O) groups is 1. The van der Waals surface area contributed by atoms with Crippen LogP contribution in [0, 0.1) is 0 Å². The van der Waals surface area contributed by atoms with Crippen LogP contribution in [-0.2, 0) is 9.53 Å². The van der Waals surface area contributed by atoms with Gasteiger partial charge in [0.05, 0.1) is 8.07 Å². The van der Waals surface area contributed by atoms with Gasteiger partial charge in [-0.15, -0.1) is 0 Å². The lowest BCUT2D eigenvalue weighted by Gasteiger charge is -2.14. The minimum absolute atomic E-state index is 0.267. The number of rotatable bonds is 4. The lowest BCUT2D eigenvalue weighted by molar-refractivity contribution is -0.138. The molecule has 4 heteroatoms. The third-order valence-corrected chi connectivity index (χ3v) is 4.37. The first kappa shape index (κ1) is 14.7. The molecule has 0 saturated carbocycles. The van der Waals surface area contributed by atoms with Crippen LogP contribution in [0.3, 0.4) is 0 Å². The molecule has 3 nitrogen and oxygen atoms in total.